The first-order chi connectivity index (χ1) is 13.0. The second-order valence-corrected chi connectivity index (χ2v) is 7.55. The lowest BCUT2D eigenvalue weighted by atomic mass is 10.2. The largest absolute Gasteiger partial charge is 0.343 e. The van der Waals surface area contributed by atoms with E-state index in [0.29, 0.717) is 23.5 Å². The number of nitrogens with zero attached hydrogens (tertiary/aromatic N) is 5. The van der Waals surface area contributed by atoms with E-state index in [1.165, 1.54) is 12.8 Å². The highest BCUT2D eigenvalue weighted by Crippen LogP contribution is 2.34. The molecule has 7 nitrogen and oxygen atoms in total. The molecule has 3 aromatic rings. The fraction of sp³-hybridized carbons (Fsp3) is 0.368. The van der Waals surface area contributed by atoms with Crippen molar-refractivity contribution in [1.82, 2.24) is 24.4 Å². The summed E-state index contributed by atoms with van der Waals surface area (Å²) in [6, 6.07) is 5.87. The molecular weight excluding hydrogens is 360 g/mol. The standard InChI is InChI=1S/C19H22N6OS/c1-24(2)18(26)15-9-12-10-21-19(22-16-8-7-14(27)11-20-16)23-17(12)25(15)13-5-3-4-6-13/h7-11,13,27H,3-6H2,1-2H3,(H,20,21,22,23). The van der Waals surface area contributed by atoms with E-state index >= 15 is 0 Å². The zero-order chi connectivity index (χ0) is 19.0. The van der Waals surface area contributed by atoms with Gasteiger partial charge < -0.3 is 14.8 Å². The van der Waals surface area contributed by atoms with E-state index in [9.17, 15) is 4.79 Å². The summed E-state index contributed by atoms with van der Waals surface area (Å²) in [5.74, 6) is 1.10. The van der Waals surface area contributed by atoms with E-state index in [2.05, 4.69) is 32.5 Å². The van der Waals surface area contributed by atoms with E-state index in [1.807, 2.05) is 18.2 Å². The van der Waals surface area contributed by atoms with Gasteiger partial charge in [0.25, 0.3) is 5.91 Å². The fourth-order valence-electron chi connectivity index (χ4n) is 3.57. The number of fused-ring (bicyclic) bond motifs is 1. The van der Waals surface area contributed by atoms with Gasteiger partial charge in [0.15, 0.2) is 0 Å². The Bertz CT molecular complexity index is 976. The summed E-state index contributed by atoms with van der Waals surface area (Å²) in [7, 11) is 3.54. The Morgan fingerprint density at radius 1 is 1.22 bits per heavy atom. The van der Waals surface area contributed by atoms with Crippen LogP contribution in [0, 0.1) is 0 Å². The van der Waals surface area contributed by atoms with Crippen molar-refractivity contribution in [3.63, 3.8) is 0 Å². The number of carbonyl (C=O) groups excluding carboxylic acids is 1. The van der Waals surface area contributed by atoms with E-state index in [-0.39, 0.29) is 5.91 Å². The average Bonchev–Trinajstić information content (AvgIpc) is 3.29. The Morgan fingerprint density at radius 2 is 2.00 bits per heavy atom. The van der Waals surface area contributed by atoms with Crippen molar-refractivity contribution < 1.29 is 4.79 Å². The second kappa shape index (κ2) is 7.19. The summed E-state index contributed by atoms with van der Waals surface area (Å²) in [6.45, 7) is 0. The molecule has 1 amide bonds. The van der Waals surface area contributed by atoms with Gasteiger partial charge in [-0.05, 0) is 31.0 Å². The molecule has 0 aromatic carbocycles. The van der Waals surface area contributed by atoms with Gasteiger partial charge in [-0.2, -0.15) is 4.98 Å². The number of rotatable bonds is 4. The normalized spacial score (nSPS) is 14.6. The zero-order valence-corrected chi connectivity index (χ0v) is 16.3. The molecule has 0 atom stereocenters. The number of amides is 1. The minimum atomic E-state index is -0.0135. The van der Waals surface area contributed by atoms with Crippen LogP contribution in [0.2, 0.25) is 0 Å². The molecule has 0 saturated heterocycles. The van der Waals surface area contributed by atoms with E-state index in [1.54, 1.807) is 31.4 Å². The summed E-state index contributed by atoms with van der Waals surface area (Å²) in [5, 5.41) is 4.00. The smallest absolute Gasteiger partial charge is 0.270 e. The van der Waals surface area contributed by atoms with Gasteiger partial charge in [-0.15, -0.1) is 12.6 Å². The maximum absolute atomic E-state index is 12.7. The predicted molar refractivity (Wildman–Crippen MR) is 108 cm³/mol. The van der Waals surface area contributed by atoms with Crippen LogP contribution in [0.5, 0.6) is 0 Å². The molecule has 0 radical (unpaired) electrons. The number of thiol groups is 1. The van der Waals surface area contributed by atoms with Crippen molar-refractivity contribution >= 4 is 41.3 Å². The minimum Gasteiger partial charge on any atom is -0.343 e. The Kier molecular flexibility index (Phi) is 4.73. The SMILES string of the molecule is CN(C)C(=O)c1cc2cnc(Nc3ccc(S)cn3)nc2n1C1CCCC1. The number of anilines is 2. The molecule has 0 bridgehead atoms. The molecule has 140 valence electrons. The lowest BCUT2D eigenvalue weighted by Crippen LogP contribution is -2.25. The Morgan fingerprint density at radius 3 is 2.67 bits per heavy atom. The molecule has 3 aromatic heterocycles. The first-order valence-corrected chi connectivity index (χ1v) is 9.49. The Balaban J connectivity index is 1.77. The number of hydrogen-bond donors (Lipinski definition) is 2. The first-order valence-electron chi connectivity index (χ1n) is 9.04. The fourth-order valence-corrected chi connectivity index (χ4v) is 3.70. The van der Waals surface area contributed by atoms with Crippen molar-refractivity contribution in [3.05, 3.63) is 36.3 Å². The van der Waals surface area contributed by atoms with Crippen molar-refractivity contribution in [2.24, 2.45) is 0 Å². The maximum Gasteiger partial charge on any atom is 0.270 e. The van der Waals surface area contributed by atoms with Crippen LogP contribution in [0.3, 0.4) is 0 Å². The van der Waals surface area contributed by atoms with Gasteiger partial charge in [0.2, 0.25) is 5.95 Å². The summed E-state index contributed by atoms with van der Waals surface area (Å²) in [6.07, 6.45) is 7.91. The quantitative estimate of drug-likeness (QED) is 0.673. The van der Waals surface area contributed by atoms with Gasteiger partial charge >= 0.3 is 0 Å². The van der Waals surface area contributed by atoms with Gasteiger partial charge in [0.05, 0.1) is 0 Å². The molecule has 3 heterocycles. The molecule has 1 saturated carbocycles. The van der Waals surface area contributed by atoms with Gasteiger partial charge in [-0.3, -0.25) is 4.79 Å². The molecule has 8 heteroatoms. The summed E-state index contributed by atoms with van der Waals surface area (Å²) < 4.78 is 2.10. The van der Waals surface area contributed by atoms with Crippen molar-refractivity contribution in [1.29, 1.82) is 0 Å². The number of pyridine rings is 1. The highest BCUT2D eigenvalue weighted by atomic mass is 32.1. The Labute approximate surface area is 163 Å². The van der Waals surface area contributed by atoms with Crippen LogP contribution in [-0.2, 0) is 0 Å². The molecular formula is C19H22N6OS. The molecule has 1 aliphatic rings. The van der Waals surface area contributed by atoms with Crippen LogP contribution in [0.4, 0.5) is 11.8 Å². The predicted octanol–water partition coefficient (Wildman–Crippen LogP) is 3.68. The lowest BCUT2D eigenvalue weighted by Gasteiger charge is -2.19. The van der Waals surface area contributed by atoms with Crippen LogP contribution in [0.15, 0.2) is 35.5 Å². The number of carbonyl (C=O) groups is 1. The zero-order valence-electron chi connectivity index (χ0n) is 15.4. The van der Waals surface area contributed by atoms with E-state index in [0.717, 1.165) is 28.8 Å². The minimum absolute atomic E-state index is 0.0135. The highest BCUT2D eigenvalue weighted by Gasteiger charge is 2.26. The Hall–Kier alpha value is -2.61. The first kappa shape index (κ1) is 17.8. The van der Waals surface area contributed by atoms with Gasteiger partial charge in [0, 0.05) is 42.8 Å². The highest BCUT2D eigenvalue weighted by molar-refractivity contribution is 7.80. The number of hydrogen-bond acceptors (Lipinski definition) is 6. The second-order valence-electron chi connectivity index (χ2n) is 7.04. The molecule has 4 rings (SSSR count). The average molecular weight is 382 g/mol. The summed E-state index contributed by atoms with van der Waals surface area (Å²) in [4.78, 5) is 28.5. The van der Waals surface area contributed by atoms with Crippen LogP contribution in [0.1, 0.15) is 42.2 Å². The molecule has 0 spiro atoms. The molecule has 1 fully saturated rings. The molecule has 0 aliphatic heterocycles. The maximum atomic E-state index is 12.7. The van der Waals surface area contributed by atoms with Crippen molar-refractivity contribution in [3.8, 4) is 0 Å². The molecule has 0 unspecified atom stereocenters. The third-order valence-corrected chi connectivity index (χ3v) is 5.14. The molecule has 1 aliphatic carbocycles. The molecule has 1 N–H and O–H groups in total. The summed E-state index contributed by atoms with van der Waals surface area (Å²) in [5.41, 5.74) is 1.46. The van der Waals surface area contributed by atoms with Gasteiger partial charge in [-0.1, -0.05) is 12.8 Å². The van der Waals surface area contributed by atoms with Crippen molar-refractivity contribution in [2.45, 2.75) is 36.6 Å². The lowest BCUT2D eigenvalue weighted by molar-refractivity contribution is 0.0815. The van der Waals surface area contributed by atoms with Crippen LogP contribution in [0.25, 0.3) is 11.0 Å². The van der Waals surface area contributed by atoms with Crippen LogP contribution < -0.4 is 5.32 Å². The molecule has 27 heavy (non-hydrogen) atoms. The van der Waals surface area contributed by atoms with E-state index < -0.39 is 0 Å². The van der Waals surface area contributed by atoms with Gasteiger partial charge in [0.1, 0.15) is 17.2 Å². The van der Waals surface area contributed by atoms with E-state index in [4.69, 9.17) is 4.98 Å². The third-order valence-electron chi connectivity index (χ3n) is 4.88. The monoisotopic (exact) mass is 382 g/mol. The van der Waals surface area contributed by atoms with Gasteiger partial charge in [-0.25, -0.2) is 9.97 Å². The third kappa shape index (κ3) is 3.49. The number of nitrogens with one attached hydrogen (secondary N) is 1. The van der Waals surface area contributed by atoms with Crippen LogP contribution >= 0.6 is 12.6 Å². The topological polar surface area (TPSA) is 75.9 Å². The summed E-state index contributed by atoms with van der Waals surface area (Å²) >= 11 is 4.25. The van der Waals surface area contributed by atoms with Crippen LogP contribution in [-0.4, -0.2) is 44.4 Å². The van der Waals surface area contributed by atoms with Crippen molar-refractivity contribution in [2.75, 3.05) is 19.4 Å². The number of aromatic nitrogens is 4.